The topological polar surface area (TPSA) is 50.7 Å². The third-order valence-corrected chi connectivity index (χ3v) is 4.06. The number of hydrogen-bond donors (Lipinski definition) is 2. The van der Waals surface area contributed by atoms with Gasteiger partial charge < -0.3 is 19.9 Å². The van der Waals surface area contributed by atoms with E-state index in [2.05, 4.69) is 11.4 Å². The maximum Gasteiger partial charge on any atom is 0.124 e. The van der Waals surface area contributed by atoms with Crippen LogP contribution in [0, 0.1) is 0 Å². The lowest BCUT2D eigenvalue weighted by Gasteiger charge is -2.35. The molecule has 0 spiro atoms. The van der Waals surface area contributed by atoms with Crippen molar-refractivity contribution in [3.05, 3.63) is 29.8 Å². The molecule has 0 aromatic heterocycles. The van der Waals surface area contributed by atoms with Crippen LogP contribution in [0.5, 0.6) is 5.75 Å². The Morgan fingerprint density at radius 1 is 1.21 bits per heavy atom. The molecule has 1 aromatic rings. The van der Waals surface area contributed by atoms with Crippen molar-refractivity contribution in [2.24, 2.45) is 0 Å². The van der Waals surface area contributed by atoms with Crippen molar-refractivity contribution < 1.29 is 14.6 Å². The molecule has 0 amide bonds. The van der Waals surface area contributed by atoms with Gasteiger partial charge in [0.05, 0.1) is 12.2 Å². The molecule has 2 aliphatic rings. The fourth-order valence-electron chi connectivity index (χ4n) is 2.80. The average molecular weight is 263 g/mol. The highest BCUT2D eigenvalue weighted by atomic mass is 16.5. The Hall–Kier alpha value is -1.10. The normalized spacial score (nSPS) is 25.4. The van der Waals surface area contributed by atoms with Gasteiger partial charge in [-0.1, -0.05) is 18.2 Å². The largest absolute Gasteiger partial charge is 0.493 e. The molecule has 1 atom stereocenters. The first kappa shape index (κ1) is 12.9. The summed E-state index contributed by atoms with van der Waals surface area (Å²) in [6.45, 7) is 2.66. The van der Waals surface area contributed by atoms with Gasteiger partial charge in [-0.3, -0.25) is 0 Å². The monoisotopic (exact) mass is 263 g/mol. The second kappa shape index (κ2) is 5.49. The number of hydrogen-bond acceptors (Lipinski definition) is 4. The van der Waals surface area contributed by atoms with Crippen LogP contribution in [0.25, 0.3) is 0 Å². The molecule has 1 saturated heterocycles. The molecule has 0 radical (unpaired) electrons. The van der Waals surface area contributed by atoms with Crippen molar-refractivity contribution in [2.75, 3.05) is 26.4 Å². The van der Waals surface area contributed by atoms with Crippen LogP contribution in [-0.2, 0) is 4.74 Å². The van der Waals surface area contributed by atoms with Crippen molar-refractivity contribution >= 4 is 0 Å². The third-order valence-electron chi connectivity index (χ3n) is 4.06. The Kier molecular flexibility index (Phi) is 3.73. The van der Waals surface area contributed by atoms with E-state index in [4.69, 9.17) is 9.47 Å². The van der Waals surface area contributed by atoms with Crippen molar-refractivity contribution in [2.45, 2.75) is 30.9 Å². The average Bonchev–Trinajstić information content (AvgIpc) is 2.46. The summed E-state index contributed by atoms with van der Waals surface area (Å²) in [6.07, 6.45) is 2.37. The van der Waals surface area contributed by atoms with Gasteiger partial charge in [0.15, 0.2) is 0 Å². The second-order valence-corrected chi connectivity index (χ2v) is 5.45. The maximum absolute atomic E-state index is 10.5. The van der Waals surface area contributed by atoms with E-state index in [1.54, 1.807) is 0 Å². The number of aliphatic hydroxyl groups is 1. The molecule has 4 heteroatoms. The van der Waals surface area contributed by atoms with Crippen molar-refractivity contribution in [3.63, 3.8) is 0 Å². The molecular formula is C15H21NO3. The second-order valence-electron chi connectivity index (χ2n) is 5.45. The molecule has 0 aliphatic carbocycles. The van der Waals surface area contributed by atoms with Gasteiger partial charge in [-0.2, -0.15) is 0 Å². The summed E-state index contributed by atoms with van der Waals surface area (Å²) >= 11 is 0. The molecule has 104 valence electrons. The van der Waals surface area contributed by atoms with E-state index in [0.29, 0.717) is 32.6 Å². The summed E-state index contributed by atoms with van der Waals surface area (Å²) in [7, 11) is 0. The van der Waals surface area contributed by atoms with Gasteiger partial charge >= 0.3 is 0 Å². The minimum atomic E-state index is -0.620. The standard InChI is InChI=1S/C15H21NO3/c17-15(6-9-18-10-7-15)11-16-13-5-8-19-14-4-2-1-3-12(13)14/h1-4,13,16-17H,5-11H2. The van der Waals surface area contributed by atoms with Gasteiger partial charge in [0.25, 0.3) is 0 Å². The number of fused-ring (bicyclic) bond motifs is 1. The van der Waals surface area contributed by atoms with Crippen molar-refractivity contribution in [1.82, 2.24) is 5.32 Å². The van der Waals surface area contributed by atoms with Crippen LogP contribution in [0.3, 0.4) is 0 Å². The first-order valence-electron chi connectivity index (χ1n) is 7.02. The zero-order chi connectivity index (χ0) is 13.1. The van der Waals surface area contributed by atoms with Gasteiger partial charge in [0.1, 0.15) is 5.75 Å². The predicted molar refractivity (Wildman–Crippen MR) is 72.3 cm³/mol. The molecule has 0 saturated carbocycles. The lowest BCUT2D eigenvalue weighted by molar-refractivity contribution is -0.0632. The Morgan fingerprint density at radius 3 is 2.84 bits per heavy atom. The van der Waals surface area contributed by atoms with Crippen LogP contribution < -0.4 is 10.1 Å². The summed E-state index contributed by atoms with van der Waals surface area (Å²) in [5.74, 6) is 0.963. The van der Waals surface area contributed by atoms with E-state index in [9.17, 15) is 5.11 Å². The first-order valence-corrected chi connectivity index (χ1v) is 7.02. The van der Waals surface area contributed by atoms with Crippen LogP contribution in [0.4, 0.5) is 0 Å². The zero-order valence-corrected chi connectivity index (χ0v) is 11.1. The lowest BCUT2D eigenvalue weighted by Crippen LogP contribution is -2.46. The molecule has 4 nitrogen and oxygen atoms in total. The van der Waals surface area contributed by atoms with Crippen molar-refractivity contribution in [3.8, 4) is 5.75 Å². The van der Waals surface area contributed by atoms with Gasteiger partial charge in [-0.05, 0) is 6.07 Å². The molecule has 19 heavy (non-hydrogen) atoms. The smallest absolute Gasteiger partial charge is 0.124 e. The highest BCUT2D eigenvalue weighted by molar-refractivity contribution is 5.37. The molecule has 1 unspecified atom stereocenters. The Labute approximate surface area is 113 Å². The molecule has 2 heterocycles. The van der Waals surface area contributed by atoms with Crippen LogP contribution in [0.2, 0.25) is 0 Å². The summed E-state index contributed by atoms with van der Waals surface area (Å²) in [5.41, 5.74) is 0.579. The van der Waals surface area contributed by atoms with E-state index in [-0.39, 0.29) is 6.04 Å². The van der Waals surface area contributed by atoms with Gasteiger partial charge in [-0.15, -0.1) is 0 Å². The highest BCUT2D eigenvalue weighted by Gasteiger charge is 2.31. The van der Waals surface area contributed by atoms with Crippen molar-refractivity contribution in [1.29, 1.82) is 0 Å². The van der Waals surface area contributed by atoms with Gasteiger partial charge in [-0.25, -0.2) is 0 Å². The molecule has 2 aliphatic heterocycles. The summed E-state index contributed by atoms with van der Waals surface area (Å²) in [5, 5.41) is 14.0. The predicted octanol–water partition coefficient (Wildman–Crippen LogP) is 1.64. The molecule has 1 fully saturated rings. The maximum atomic E-state index is 10.5. The molecule has 3 rings (SSSR count). The van der Waals surface area contributed by atoms with E-state index < -0.39 is 5.60 Å². The number of nitrogens with one attached hydrogen (secondary N) is 1. The minimum absolute atomic E-state index is 0.275. The minimum Gasteiger partial charge on any atom is -0.493 e. The molecular weight excluding hydrogens is 242 g/mol. The SMILES string of the molecule is OC1(CNC2CCOc3ccccc32)CCOCC1. The number of rotatable bonds is 3. The first-order chi connectivity index (χ1) is 9.27. The number of ether oxygens (including phenoxy) is 2. The molecule has 2 N–H and O–H groups in total. The fraction of sp³-hybridized carbons (Fsp3) is 0.600. The fourth-order valence-corrected chi connectivity index (χ4v) is 2.80. The number of para-hydroxylation sites is 1. The van der Waals surface area contributed by atoms with Crippen LogP contribution in [-0.4, -0.2) is 37.1 Å². The lowest BCUT2D eigenvalue weighted by atomic mass is 9.93. The highest BCUT2D eigenvalue weighted by Crippen LogP contribution is 2.32. The Bertz CT molecular complexity index is 429. The van der Waals surface area contributed by atoms with Crippen LogP contribution >= 0.6 is 0 Å². The van der Waals surface area contributed by atoms with E-state index >= 15 is 0 Å². The molecule has 1 aromatic carbocycles. The Morgan fingerprint density at radius 2 is 2.00 bits per heavy atom. The molecule has 0 bridgehead atoms. The third kappa shape index (κ3) is 2.91. The summed E-state index contributed by atoms with van der Waals surface area (Å²) in [6, 6.07) is 8.40. The summed E-state index contributed by atoms with van der Waals surface area (Å²) in [4.78, 5) is 0. The quantitative estimate of drug-likeness (QED) is 0.870. The summed E-state index contributed by atoms with van der Waals surface area (Å²) < 4.78 is 11.0. The van der Waals surface area contributed by atoms with Crippen LogP contribution in [0.1, 0.15) is 30.9 Å². The van der Waals surface area contributed by atoms with Crippen LogP contribution in [0.15, 0.2) is 24.3 Å². The van der Waals surface area contributed by atoms with E-state index in [0.717, 1.165) is 18.8 Å². The van der Waals surface area contributed by atoms with E-state index in [1.807, 2.05) is 18.2 Å². The van der Waals surface area contributed by atoms with Gasteiger partial charge in [0, 0.05) is 50.6 Å². The zero-order valence-electron chi connectivity index (χ0n) is 11.1. The number of benzene rings is 1. The Balaban J connectivity index is 1.64. The van der Waals surface area contributed by atoms with E-state index in [1.165, 1.54) is 5.56 Å². The van der Waals surface area contributed by atoms with Gasteiger partial charge in [0.2, 0.25) is 0 Å².